The Morgan fingerprint density at radius 3 is 2.65 bits per heavy atom. The summed E-state index contributed by atoms with van der Waals surface area (Å²) < 4.78 is 2.03. The average Bonchev–Trinajstić information content (AvgIpc) is 3.12. The Morgan fingerprint density at radius 2 is 1.92 bits per heavy atom. The van der Waals surface area contributed by atoms with Crippen LogP contribution < -0.4 is 10.2 Å². The SMILES string of the molecule is CN=C(NCc1cn2ccccc2n1)N1CCN(c2ncccn2)CC1. The highest BCUT2D eigenvalue weighted by Gasteiger charge is 2.21. The molecule has 8 nitrogen and oxygen atoms in total. The van der Waals surface area contributed by atoms with E-state index in [0.717, 1.165) is 49.4 Å². The van der Waals surface area contributed by atoms with Crippen molar-refractivity contribution in [2.24, 2.45) is 4.99 Å². The van der Waals surface area contributed by atoms with E-state index in [1.54, 1.807) is 12.4 Å². The lowest BCUT2D eigenvalue weighted by Crippen LogP contribution is -2.52. The molecular weight excluding hydrogens is 328 g/mol. The van der Waals surface area contributed by atoms with Gasteiger partial charge in [0.25, 0.3) is 0 Å². The van der Waals surface area contributed by atoms with E-state index in [-0.39, 0.29) is 0 Å². The normalized spacial score (nSPS) is 15.5. The number of nitrogens with one attached hydrogen (secondary N) is 1. The van der Waals surface area contributed by atoms with Crippen LogP contribution in [0.2, 0.25) is 0 Å². The van der Waals surface area contributed by atoms with E-state index in [9.17, 15) is 0 Å². The molecule has 0 amide bonds. The molecule has 1 aliphatic heterocycles. The van der Waals surface area contributed by atoms with Crippen LogP contribution in [0, 0.1) is 0 Å². The first kappa shape index (κ1) is 16.3. The molecule has 3 aromatic heterocycles. The fourth-order valence-corrected chi connectivity index (χ4v) is 3.15. The van der Waals surface area contributed by atoms with Crippen LogP contribution in [0.15, 0.2) is 54.0 Å². The summed E-state index contributed by atoms with van der Waals surface area (Å²) in [6.07, 6.45) is 7.61. The van der Waals surface area contributed by atoms with Crippen molar-refractivity contribution in [3.05, 3.63) is 54.7 Å². The number of pyridine rings is 1. The van der Waals surface area contributed by atoms with Crippen molar-refractivity contribution < 1.29 is 0 Å². The zero-order valence-electron chi connectivity index (χ0n) is 14.8. The maximum absolute atomic E-state index is 4.62. The van der Waals surface area contributed by atoms with E-state index in [1.807, 2.05) is 48.1 Å². The molecule has 0 spiro atoms. The summed E-state index contributed by atoms with van der Waals surface area (Å²) in [7, 11) is 1.82. The Hall–Kier alpha value is -3.16. The van der Waals surface area contributed by atoms with E-state index in [1.165, 1.54) is 0 Å². The Bertz CT molecular complexity index is 847. The van der Waals surface area contributed by atoms with Crippen LogP contribution in [0.25, 0.3) is 5.65 Å². The molecule has 0 unspecified atom stereocenters. The van der Waals surface area contributed by atoms with Crippen LogP contribution in [-0.4, -0.2) is 63.4 Å². The molecule has 3 aromatic rings. The molecule has 1 fully saturated rings. The molecular formula is C18H22N8. The molecule has 0 radical (unpaired) electrons. The third-order valence-corrected chi connectivity index (χ3v) is 4.47. The van der Waals surface area contributed by atoms with E-state index in [4.69, 9.17) is 0 Å². The second-order valence-electron chi connectivity index (χ2n) is 6.12. The smallest absolute Gasteiger partial charge is 0.225 e. The standard InChI is InChI=1S/C18H22N8/c1-19-17(22-13-15-14-26-8-3-2-5-16(26)23-15)24-9-11-25(12-10-24)18-20-6-4-7-21-18/h2-8,14H,9-13H2,1H3,(H,19,22). The topological polar surface area (TPSA) is 74.0 Å². The van der Waals surface area contributed by atoms with Gasteiger partial charge < -0.3 is 19.5 Å². The number of piperazine rings is 1. The molecule has 0 aliphatic carbocycles. The van der Waals surface area contributed by atoms with Gasteiger partial charge in [-0.15, -0.1) is 0 Å². The predicted octanol–water partition coefficient (Wildman–Crippen LogP) is 1.02. The average molecular weight is 350 g/mol. The van der Waals surface area contributed by atoms with Crippen LogP contribution >= 0.6 is 0 Å². The molecule has 8 heteroatoms. The number of hydrogen-bond acceptors (Lipinski definition) is 5. The summed E-state index contributed by atoms with van der Waals surface area (Å²) in [5.74, 6) is 1.69. The van der Waals surface area contributed by atoms with Crippen molar-refractivity contribution in [1.82, 2.24) is 29.6 Å². The van der Waals surface area contributed by atoms with Crippen molar-refractivity contribution in [2.45, 2.75) is 6.54 Å². The number of guanidine groups is 1. The summed E-state index contributed by atoms with van der Waals surface area (Å²) in [5.41, 5.74) is 1.95. The first-order valence-electron chi connectivity index (χ1n) is 8.73. The second kappa shape index (κ2) is 7.38. The Kier molecular flexibility index (Phi) is 4.63. The molecule has 4 rings (SSSR count). The van der Waals surface area contributed by atoms with E-state index >= 15 is 0 Å². The summed E-state index contributed by atoms with van der Waals surface area (Å²) >= 11 is 0. The largest absolute Gasteiger partial charge is 0.351 e. The number of anilines is 1. The lowest BCUT2D eigenvalue weighted by atomic mass is 10.3. The highest BCUT2D eigenvalue weighted by molar-refractivity contribution is 5.80. The van der Waals surface area contributed by atoms with Gasteiger partial charge in [-0.1, -0.05) is 6.07 Å². The summed E-state index contributed by atoms with van der Waals surface area (Å²) in [5, 5.41) is 3.42. The van der Waals surface area contributed by atoms with Crippen molar-refractivity contribution >= 4 is 17.6 Å². The van der Waals surface area contributed by atoms with Crippen LogP contribution in [0.5, 0.6) is 0 Å². The first-order valence-corrected chi connectivity index (χ1v) is 8.73. The molecule has 0 aromatic carbocycles. The Balaban J connectivity index is 1.35. The lowest BCUT2D eigenvalue weighted by Gasteiger charge is -2.36. The zero-order chi connectivity index (χ0) is 17.8. The third-order valence-electron chi connectivity index (χ3n) is 4.47. The molecule has 134 valence electrons. The number of imidazole rings is 1. The molecule has 1 aliphatic rings. The molecule has 1 saturated heterocycles. The van der Waals surface area contributed by atoms with Gasteiger partial charge in [0.15, 0.2) is 5.96 Å². The van der Waals surface area contributed by atoms with E-state index in [2.05, 4.69) is 35.1 Å². The minimum atomic E-state index is 0.649. The predicted molar refractivity (Wildman–Crippen MR) is 101 cm³/mol. The van der Waals surface area contributed by atoms with Crippen molar-refractivity contribution in [2.75, 3.05) is 38.1 Å². The fraction of sp³-hybridized carbons (Fsp3) is 0.333. The summed E-state index contributed by atoms with van der Waals surface area (Å²) in [6, 6.07) is 7.84. The van der Waals surface area contributed by atoms with Gasteiger partial charge in [-0.25, -0.2) is 15.0 Å². The monoisotopic (exact) mass is 350 g/mol. The van der Waals surface area contributed by atoms with Gasteiger partial charge in [-0.2, -0.15) is 0 Å². The molecule has 26 heavy (non-hydrogen) atoms. The van der Waals surface area contributed by atoms with Crippen LogP contribution in [0.3, 0.4) is 0 Å². The fourth-order valence-electron chi connectivity index (χ4n) is 3.15. The van der Waals surface area contributed by atoms with Gasteiger partial charge in [0.05, 0.1) is 12.2 Å². The maximum atomic E-state index is 4.62. The van der Waals surface area contributed by atoms with Gasteiger partial charge in [0, 0.05) is 58.0 Å². The van der Waals surface area contributed by atoms with Crippen molar-refractivity contribution in [3.63, 3.8) is 0 Å². The number of aliphatic imine (C=N–C) groups is 1. The van der Waals surface area contributed by atoms with Crippen molar-refractivity contribution in [3.8, 4) is 0 Å². The number of rotatable bonds is 3. The first-order chi connectivity index (χ1) is 12.8. The maximum Gasteiger partial charge on any atom is 0.225 e. The summed E-state index contributed by atoms with van der Waals surface area (Å²) in [4.78, 5) is 22.2. The van der Waals surface area contributed by atoms with Gasteiger partial charge >= 0.3 is 0 Å². The quantitative estimate of drug-likeness (QED) is 0.562. The molecule has 4 heterocycles. The lowest BCUT2D eigenvalue weighted by molar-refractivity contribution is 0.370. The van der Waals surface area contributed by atoms with Crippen LogP contribution in [0.4, 0.5) is 5.95 Å². The molecule has 0 saturated carbocycles. The Labute approximate surface area is 152 Å². The zero-order valence-corrected chi connectivity index (χ0v) is 14.8. The molecule has 0 bridgehead atoms. The van der Waals surface area contributed by atoms with E-state index < -0.39 is 0 Å². The van der Waals surface area contributed by atoms with Gasteiger partial charge in [-0.3, -0.25) is 4.99 Å². The number of aromatic nitrogens is 4. The highest BCUT2D eigenvalue weighted by Crippen LogP contribution is 2.10. The van der Waals surface area contributed by atoms with Crippen molar-refractivity contribution in [1.29, 1.82) is 0 Å². The van der Waals surface area contributed by atoms with Gasteiger partial charge in [0.1, 0.15) is 5.65 Å². The summed E-state index contributed by atoms with van der Waals surface area (Å²) in [6.45, 7) is 4.15. The van der Waals surface area contributed by atoms with Gasteiger partial charge in [0.2, 0.25) is 5.95 Å². The third kappa shape index (κ3) is 3.44. The van der Waals surface area contributed by atoms with Crippen LogP contribution in [0.1, 0.15) is 5.69 Å². The Morgan fingerprint density at radius 1 is 1.12 bits per heavy atom. The highest BCUT2D eigenvalue weighted by atomic mass is 15.4. The molecule has 1 N–H and O–H groups in total. The minimum Gasteiger partial charge on any atom is -0.351 e. The number of hydrogen-bond donors (Lipinski definition) is 1. The number of nitrogens with zero attached hydrogens (tertiary/aromatic N) is 7. The second-order valence-corrected chi connectivity index (χ2v) is 6.12. The van der Waals surface area contributed by atoms with Crippen LogP contribution in [-0.2, 0) is 6.54 Å². The number of fused-ring (bicyclic) bond motifs is 1. The van der Waals surface area contributed by atoms with Gasteiger partial charge in [-0.05, 0) is 18.2 Å². The van der Waals surface area contributed by atoms with E-state index in [0.29, 0.717) is 6.54 Å². The minimum absolute atomic E-state index is 0.649. The molecule has 0 atom stereocenters.